The van der Waals surface area contributed by atoms with Gasteiger partial charge in [0.05, 0.1) is 0 Å². The predicted octanol–water partition coefficient (Wildman–Crippen LogP) is 3.79. The van der Waals surface area contributed by atoms with Crippen molar-refractivity contribution < 1.29 is 5.11 Å². The van der Waals surface area contributed by atoms with Crippen LogP contribution < -0.4 is 0 Å². The molecule has 0 unspecified atom stereocenters. The summed E-state index contributed by atoms with van der Waals surface area (Å²) in [5.41, 5.74) is 5.30. The van der Waals surface area contributed by atoms with E-state index in [9.17, 15) is 5.11 Å². The molecule has 2 rings (SSSR count). The van der Waals surface area contributed by atoms with Gasteiger partial charge >= 0.3 is 0 Å². The molecule has 2 aromatic carbocycles. The summed E-state index contributed by atoms with van der Waals surface area (Å²) in [6.45, 7) is 4.27. The summed E-state index contributed by atoms with van der Waals surface area (Å²) >= 11 is 0. The first-order chi connectivity index (χ1) is 8.13. The number of aryl methyl sites for hydroxylation is 4. The SMILES string of the molecule is Cc1cc(C)cc(CCc2ccc(O)cc2)c1. The van der Waals surface area contributed by atoms with Gasteiger partial charge in [-0.05, 0) is 49.9 Å². The number of phenolic OH excluding ortho intramolecular Hbond substituents is 1. The van der Waals surface area contributed by atoms with Crippen molar-refractivity contribution in [2.75, 3.05) is 0 Å². The van der Waals surface area contributed by atoms with Crippen LogP contribution in [0.1, 0.15) is 22.3 Å². The monoisotopic (exact) mass is 226 g/mol. The van der Waals surface area contributed by atoms with Gasteiger partial charge in [-0.1, -0.05) is 41.5 Å². The van der Waals surface area contributed by atoms with Crippen LogP contribution >= 0.6 is 0 Å². The minimum Gasteiger partial charge on any atom is -0.508 e. The number of aromatic hydroxyl groups is 1. The Labute approximate surface area is 103 Å². The van der Waals surface area contributed by atoms with Gasteiger partial charge in [0.15, 0.2) is 0 Å². The Balaban J connectivity index is 2.04. The van der Waals surface area contributed by atoms with E-state index in [1.165, 1.54) is 22.3 Å². The predicted molar refractivity (Wildman–Crippen MR) is 71.4 cm³/mol. The van der Waals surface area contributed by atoms with E-state index in [1.807, 2.05) is 12.1 Å². The van der Waals surface area contributed by atoms with E-state index in [0.29, 0.717) is 5.75 Å². The van der Waals surface area contributed by atoms with Crippen molar-refractivity contribution in [3.63, 3.8) is 0 Å². The number of hydrogen-bond acceptors (Lipinski definition) is 1. The van der Waals surface area contributed by atoms with Crippen LogP contribution in [0.5, 0.6) is 5.75 Å². The second-order valence-corrected chi connectivity index (χ2v) is 4.66. The molecule has 1 N–H and O–H groups in total. The summed E-state index contributed by atoms with van der Waals surface area (Å²) < 4.78 is 0. The van der Waals surface area contributed by atoms with Crippen molar-refractivity contribution in [3.8, 4) is 5.75 Å². The fourth-order valence-corrected chi connectivity index (χ4v) is 2.16. The molecule has 0 aliphatic carbocycles. The molecule has 0 aliphatic rings. The van der Waals surface area contributed by atoms with Crippen LogP contribution in [0.2, 0.25) is 0 Å². The third-order valence-electron chi connectivity index (χ3n) is 2.92. The lowest BCUT2D eigenvalue weighted by Gasteiger charge is -2.05. The fraction of sp³-hybridized carbons (Fsp3) is 0.250. The lowest BCUT2D eigenvalue weighted by Crippen LogP contribution is -1.92. The largest absolute Gasteiger partial charge is 0.508 e. The van der Waals surface area contributed by atoms with Crippen LogP contribution in [0.4, 0.5) is 0 Å². The molecule has 0 saturated heterocycles. The lowest BCUT2D eigenvalue weighted by molar-refractivity contribution is 0.475. The normalized spacial score (nSPS) is 10.5. The average Bonchev–Trinajstić information content (AvgIpc) is 2.27. The summed E-state index contributed by atoms with van der Waals surface area (Å²) in [5.74, 6) is 0.333. The number of phenols is 1. The second kappa shape index (κ2) is 5.05. The van der Waals surface area contributed by atoms with Gasteiger partial charge < -0.3 is 5.11 Å². The molecule has 17 heavy (non-hydrogen) atoms. The van der Waals surface area contributed by atoms with Crippen LogP contribution in [0.15, 0.2) is 42.5 Å². The molecule has 0 radical (unpaired) electrons. The van der Waals surface area contributed by atoms with E-state index >= 15 is 0 Å². The molecule has 2 aromatic rings. The van der Waals surface area contributed by atoms with E-state index in [-0.39, 0.29) is 0 Å². The Morgan fingerprint density at radius 2 is 1.29 bits per heavy atom. The molecule has 0 heterocycles. The van der Waals surface area contributed by atoms with E-state index < -0.39 is 0 Å². The van der Waals surface area contributed by atoms with Gasteiger partial charge in [-0.2, -0.15) is 0 Å². The molecule has 0 amide bonds. The molecule has 0 atom stereocenters. The first kappa shape index (κ1) is 11.7. The molecule has 1 nitrogen and oxygen atoms in total. The van der Waals surface area contributed by atoms with E-state index in [1.54, 1.807) is 12.1 Å². The molecule has 0 aliphatic heterocycles. The zero-order valence-electron chi connectivity index (χ0n) is 10.4. The maximum absolute atomic E-state index is 9.21. The minimum atomic E-state index is 0.333. The summed E-state index contributed by atoms with van der Waals surface area (Å²) in [4.78, 5) is 0. The molecule has 0 saturated carbocycles. The standard InChI is InChI=1S/C16H18O/c1-12-9-13(2)11-15(10-12)4-3-14-5-7-16(17)8-6-14/h5-11,17H,3-4H2,1-2H3. The highest BCUT2D eigenvalue weighted by molar-refractivity contribution is 5.30. The fourth-order valence-electron chi connectivity index (χ4n) is 2.16. The quantitative estimate of drug-likeness (QED) is 0.844. The Morgan fingerprint density at radius 1 is 0.765 bits per heavy atom. The second-order valence-electron chi connectivity index (χ2n) is 4.66. The molecular formula is C16H18O. The molecular weight excluding hydrogens is 208 g/mol. The highest BCUT2D eigenvalue weighted by Gasteiger charge is 1.98. The third kappa shape index (κ3) is 3.35. The van der Waals surface area contributed by atoms with Crippen molar-refractivity contribution in [1.82, 2.24) is 0 Å². The van der Waals surface area contributed by atoms with Crippen molar-refractivity contribution in [1.29, 1.82) is 0 Å². The zero-order chi connectivity index (χ0) is 12.3. The van der Waals surface area contributed by atoms with Crippen LogP contribution in [0.3, 0.4) is 0 Å². The Kier molecular flexibility index (Phi) is 3.48. The Hall–Kier alpha value is -1.76. The topological polar surface area (TPSA) is 20.2 Å². The van der Waals surface area contributed by atoms with E-state index in [4.69, 9.17) is 0 Å². The van der Waals surface area contributed by atoms with Gasteiger partial charge in [0.2, 0.25) is 0 Å². The number of hydrogen-bond donors (Lipinski definition) is 1. The summed E-state index contributed by atoms with van der Waals surface area (Å²) in [5, 5.41) is 9.21. The number of rotatable bonds is 3. The van der Waals surface area contributed by atoms with Crippen LogP contribution in [0.25, 0.3) is 0 Å². The molecule has 0 aromatic heterocycles. The van der Waals surface area contributed by atoms with Crippen LogP contribution in [-0.4, -0.2) is 5.11 Å². The molecule has 88 valence electrons. The highest BCUT2D eigenvalue weighted by Crippen LogP contribution is 2.14. The summed E-state index contributed by atoms with van der Waals surface area (Å²) in [6, 6.07) is 14.1. The van der Waals surface area contributed by atoms with Gasteiger partial charge in [-0.15, -0.1) is 0 Å². The van der Waals surface area contributed by atoms with E-state index in [0.717, 1.165) is 12.8 Å². The van der Waals surface area contributed by atoms with E-state index in [2.05, 4.69) is 32.0 Å². The van der Waals surface area contributed by atoms with Crippen molar-refractivity contribution in [2.24, 2.45) is 0 Å². The number of benzene rings is 2. The maximum Gasteiger partial charge on any atom is 0.115 e. The third-order valence-corrected chi connectivity index (χ3v) is 2.92. The average molecular weight is 226 g/mol. The van der Waals surface area contributed by atoms with Crippen molar-refractivity contribution >= 4 is 0 Å². The Morgan fingerprint density at radius 3 is 1.88 bits per heavy atom. The summed E-state index contributed by atoms with van der Waals surface area (Å²) in [6.07, 6.45) is 2.07. The smallest absolute Gasteiger partial charge is 0.115 e. The molecule has 0 spiro atoms. The highest BCUT2D eigenvalue weighted by atomic mass is 16.3. The van der Waals surface area contributed by atoms with Crippen molar-refractivity contribution in [2.45, 2.75) is 26.7 Å². The van der Waals surface area contributed by atoms with Gasteiger partial charge in [0.1, 0.15) is 5.75 Å². The lowest BCUT2D eigenvalue weighted by atomic mass is 10.0. The minimum absolute atomic E-state index is 0.333. The molecule has 0 fully saturated rings. The molecule has 1 heteroatoms. The molecule has 0 bridgehead atoms. The van der Waals surface area contributed by atoms with Gasteiger partial charge in [0, 0.05) is 0 Å². The zero-order valence-corrected chi connectivity index (χ0v) is 10.4. The maximum atomic E-state index is 9.21. The van der Waals surface area contributed by atoms with Gasteiger partial charge in [0.25, 0.3) is 0 Å². The summed E-state index contributed by atoms with van der Waals surface area (Å²) in [7, 11) is 0. The van der Waals surface area contributed by atoms with Crippen LogP contribution in [0, 0.1) is 13.8 Å². The Bertz CT molecular complexity index is 477. The first-order valence-corrected chi connectivity index (χ1v) is 5.98. The van der Waals surface area contributed by atoms with Crippen molar-refractivity contribution in [3.05, 3.63) is 64.7 Å². The van der Waals surface area contributed by atoms with Gasteiger partial charge in [-0.25, -0.2) is 0 Å². The van der Waals surface area contributed by atoms with Gasteiger partial charge in [-0.3, -0.25) is 0 Å². The first-order valence-electron chi connectivity index (χ1n) is 5.98. The van der Waals surface area contributed by atoms with Crippen LogP contribution in [-0.2, 0) is 12.8 Å².